The average molecular weight is 467 g/mol. The SMILES string of the molecule is CCCCc1cc(CCCC)c(CCCC)[cH-]1.CCCCc1cc[cH-]c1CCCC.[Fe+2]. The molecule has 0 aliphatic rings. The van der Waals surface area contributed by atoms with Crippen molar-refractivity contribution in [2.24, 2.45) is 0 Å². The molecule has 178 valence electrons. The summed E-state index contributed by atoms with van der Waals surface area (Å²) in [5.74, 6) is 0. The number of aryl methyl sites for hydroxylation is 5. The molecule has 2 rings (SSSR count). The van der Waals surface area contributed by atoms with Gasteiger partial charge in [0, 0.05) is 0 Å². The fourth-order valence-corrected chi connectivity index (χ4v) is 4.12. The summed E-state index contributed by atoms with van der Waals surface area (Å²) in [5.41, 5.74) is 8.06. The Hall–Kier alpha value is -0.781. The molecule has 0 aliphatic carbocycles. The van der Waals surface area contributed by atoms with Crippen LogP contribution in [0.5, 0.6) is 0 Å². The average Bonchev–Trinajstić information content (AvgIpc) is 3.38. The molecule has 0 nitrogen and oxygen atoms in total. The van der Waals surface area contributed by atoms with Crippen LogP contribution in [0.1, 0.15) is 127 Å². The van der Waals surface area contributed by atoms with E-state index in [1.807, 2.05) is 0 Å². The third-order valence-electron chi connectivity index (χ3n) is 6.16. The predicted molar refractivity (Wildman–Crippen MR) is 137 cm³/mol. The van der Waals surface area contributed by atoms with Crippen molar-refractivity contribution in [3.05, 3.63) is 58.1 Å². The van der Waals surface area contributed by atoms with Gasteiger partial charge in [-0.1, -0.05) is 131 Å². The monoisotopic (exact) mass is 466 g/mol. The summed E-state index contributed by atoms with van der Waals surface area (Å²) >= 11 is 0. The maximum atomic E-state index is 2.48. The van der Waals surface area contributed by atoms with Gasteiger partial charge >= 0.3 is 17.1 Å². The van der Waals surface area contributed by atoms with Gasteiger partial charge in [0.05, 0.1) is 0 Å². The smallest absolute Gasteiger partial charge is 0.210 e. The zero-order valence-corrected chi connectivity index (χ0v) is 22.5. The van der Waals surface area contributed by atoms with Crippen molar-refractivity contribution in [1.29, 1.82) is 0 Å². The van der Waals surface area contributed by atoms with E-state index >= 15 is 0 Å². The number of rotatable bonds is 15. The summed E-state index contributed by atoms with van der Waals surface area (Å²) in [6, 6.07) is 11.8. The van der Waals surface area contributed by atoms with Crippen LogP contribution in [0.3, 0.4) is 0 Å². The quantitative estimate of drug-likeness (QED) is 0.181. The zero-order chi connectivity index (χ0) is 22.0. The molecule has 0 fully saturated rings. The van der Waals surface area contributed by atoms with Crippen LogP contribution in [0.4, 0.5) is 0 Å². The van der Waals surface area contributed by atoms with Gasteiger partial charge < -0.3 is 0 Å². The second kappa shape index (κ2) is 19.9. The van der Waals surface area contributed by atoms with E-state index in [0.29, 0.717) is 0 Å². The molecule has 0 atom stereocenters. The van der Waals surface area contributed by atoms with Crippen molar-refractivity contribution in [2.45, 2.75) is 131 Å². The largest absolute Gasteiger partial charge is 2.00 e. The van der Waals surface area contributed by atoms with Gasteiger partial charge in [-0.3, -0.25) is 0 Å². The van der Waals surface area contributed by atoms with Gasteiger partial charge in [-0.25, -0.2) is 12.1 Å². The van der Waals surface area contributed by atoms with Gasteiger partial charge in [0.15, 0.2) is 0 Å². The van der Waals surface area contributed by atoms with Gasteiger partial charge in [-0.05, 0) is 0 Å². The molecule has 2 aromatic rings. The fourth-order valence-electron chi connectivity index (χ4n) is 4.12. The molecule has 0 aliphatic heterocycles. The molecular weight excluding hydrogens is 416 g/mol. The van der Waals surface area contributed by atoms with Crippen molar-refractivity contribution in [3.63, 3.8) is 0 Å². The van der Waals surface area contributed by atoms with Gasteiger partial charge in [0.2, 0.25) is 0 Å². The second-order valence-corrected chi connectivity index (χ2v) is 9.01. The molecular formula is C30H50Fe. The molecule has 0 N–H and O–H groups in total. The van der Waals surface area contributed by atoms with E-state index in [2.05, 4.69) is 65.0 Å². The van der Waals surface area contributed by atoms with Crippen molar-refractivity contribution in [2.75, 3.05) is 0 Å². The molecule has 31 heavy (non-hydrogen) atoms. The Morgan fingerprint density at radius 3 is 1.65 bits per heavy atom. The molecule has 1 heteroatoms. The summed E-state index contributed by atoms with van der Waals surface area (Å²) < 4.78 is 0. The van der Waals surface area contributed by atoms with Gasteiger partial charge in [0.25, 0.3) is 0 Å². The van der Waals surface area contributed by atoms with E-state index < -0.39 is 0 Å². The predicted octanol–water partition coefficient (Wildman–Crippen LogP) is 9.52. The number of hydrogen-bond acceptors (Lipinski definition) is 0. The van der Waals surface area contributed by atoms with Gasteiger partial charge in [-0.2, -0.15) is 46.0 Å². The van der Waals surface area contributed by atoms with Crippen LogP contribution in [0, 0.1) is 0 Å². The van der Waals surface area contributed by atoms with E-state index in [1.54, 1.807) is 27.8 Å². The van der Waals surface area contributed by atoms with E-state index in [0.717, 1.165) is 0 Å². The van der Waals surface area contributed by atoms with Crippen LogP contribution in [0.15, 0.2) is 30.3 Å². The first-order valence-electron chi connectivity index (χ1n) is 13.2. The molecule has 2 aromatic carbocycles. The van der Waals surface area contributed by atoms with E-state index in [9.17, 15) is 0 Å². The molecule has 0 radical (unpaired) electrons. The summed E-state index contributed by atoms with van der Waals surface area (Å²) in [4.78, 5) is 0. The minimum absolute atomic E-state index is 0. The maximum Gasteiger partial charge on any atom is 2.00 e. The fraction of sp³-hybridized carbons (Fsp3) is 0.667. The Kier molecular flexibility index (Phi) is 19.4. The standard InChI is InChI=1S/C17H29.C13H21.Fe/c1-4-7-10-15-13-16(11-8-5-2)17(14-15)12-9-6-3;1-3-5-8-12-10-7-11-13(12)9-6-4-2;/h13-14H,4-12H2,1-3H3;7,10-11H,3-6,8-9H2,1-2H3;/q2*-1;+2. The van der Waals surface area contributed by atoms with Crippen molar-refractivity contribution in [1.82, 2.24) is 0 Å². The summed E-state index contributed by atoms with van der Waals surface area (Å²) in [6.07, 6.45) is 19.7. The van der Waals surface area contributed by atoms with Crippen LogP contribution in [-0.4, -0.2) is 0 Å². The summed E-state index contributed by atoms with van der Waals surface area (Å²) in [6.45, 7) is 11.4. The van der Waals surface area contributed by atoms with Gasteiger partial charge in [0.1, 0.15) is 0 Å². The van der Waals surface area contributed by atoms with Crippen LogP contribution in [0.25, 0.3) is 0 Å². The topological polar surface area (TPSA) is 0 Å². The van der Waals surface area contributed by atoms with Crippen LogP contribution < -0.4 is 0 Å². The first-order chi connectivity index (χ1) is 14.7. The molecule has 0 unspecified atom stereocenters. The molecule has 0 aromatic heterocycles. The third kappa shape index (κ3) is 12.7. The molecule has 0 heterocycles. The normalized spacial score (nSPS) is 10.5. The first-order valence-corrected chi connectivity index (χ1v) is 13.2. The van der Waals surface area contributed by atoms with Crippen LogP contribution >= 0.6 is 0 Å². The molecule has 0 spiro atoms. The van der Waals surface area contributed by atoms with Gasteiger partial charge in [-0.15, -0.1) is 0 Å². The minimum atomic E-state index is 0. The summed E-state index contributed by atoms with van der Waals surface area (Å²) in [7, 11) is 0. The molecule has 0 saturated carbocycles. The Morgan fingerprint density at radius 2 is 1.06 bits per heavy atom. The van der Waals surface area contributed by atoms with E-state index in [1.165, 1.54) is 96.3 Å². The third-order valence-corrected chi connectivity index (χ3v) is 6.16. The first kappa shape index (κ1) is 30.2. The van der Waals surface area contributed by atoms with Crippen molar-refractivity contribution < 1.29 is 17.1 Å². The van der Waals surface area contributed by atoms with E-state index in [4.69, 9.17) is 0 Å². The minimum Gasteiger partial charge on any atom is -0.210 e. The Bertz CT molecular complexity index is 583. The number of hydrogen-bond donors (Lipinski definition) is 0. The Morgan fingerprint density at radius 1 is 0.581 bits per heavy atom. The molecule has 0 saturated heterocycles. The number of unbranched alkanes of at least 4 members (excludes halogenated alkanes) is 5. The molecule has 0 bridgehead atoms. The summed E-state index contributed by atoms with van der Waals surface area (Å²) in [5, 5.41) is 0. The second-order valence-electron chi connectivity index (χ2n) is 9.01. The Balaban J connectivity index is 0.000000581. The van der Waals surface area contributed by atoms with Crippen molar-refractivity contribution in [3.8, 4) is 0 Å². The maximum absolute atomic E-state index is 2.48. The van der Waals surface area contributed by atoms with Crippen LogP contribution in [-0.2, 0) is 49.2 Å². The zero-order valence-electron chi connectivity index (χ0n) is 21.3. The van der Waals surface area contributed by atoms with E-state index in [-0.39, 0.29) is 17.1 Å². The Labute approximate surface area is 205 Å². The molecule has 0 amide bonds. The van der Waals surface area contributed by atoms with Crippen LogP contribution in [0.2, 0.25) is 0 Å². The van der Waals surface area contributed by atoms with Crippen molar-refractivity contribution >= 4 is 0 Å².